The first-order chi connectivity index (χ1) is 10.6. The predicted octanol–water partition coefficient (Wildman–Crippen LogP) is 2.84. The minimum atomic E-state index is 0.588. The zero-order valence-corrected chi connectivity index (χ0v) is 15.2. The number of rotatable bonds is 6. The molecule has 0 amide bonds. The first-order valence-electron chi connectivity index (χ1n) is 8.33. The SMILES string of the molecule is CN=C(NCc1sccc1C)NCC(C(C)C)N1CCCC1. The van der Waals surface area contributed by atoms with Gasteiger partial charge in [0.05, 0.1) is 6.54 Å². The Morgan fingerprint density at radius 1 is 1.32 bits per heavy atom. The molecule has 124 valence electrons. The van der Waals surface area contributed by atoms with Crippen molar-refractivity contribution in [3.8, 4) is 0 Å². The summed E-state index contributed by atoms with van der Waals surface area (Å²) in [5.41, 5.74) is 1.35. The summed E-state index contributed by atoms with van der Waals surface area (Å²) < 4.78 is 0. The fraction of sp³-hybridized carbons (Fsp3) is 0.706. The summed E-state index contributed by atoms with van der Waals surface area (Å²) >= 11 is 1.80. The van der Waals surface area contributed by atoms with Gasteiger partial charge in [-0.05, 0) is 55.8 Å². The Morgan fingerprint density at radius 2 is 2.05 bits per heavy atom. The summed E-state index contributed by atoms with van der Waals surface area (Å²) in [7, 11) is 1.84. The Labute approximate surface area is 139 Å². The fourth-order valence-electron chi connectivity index (χ4n) is 3.03. The average Bonchev–Trinajstić information content (AvgIpc) is 3.14. The van der Waals surface area contributed by atoms with Crippen LogP contribution in [-0.4, -0.2) is 43.6 Å². The molecule has 22 heavy (non-hydrogen) atoms. The van der Waals surface area contributed by atoms with E-state index in [-0.39, 0.29) is 0 Å². The molecule has 1 atom stereocenters. The van der Waals surface area contributed by atoms with E-state index >= 15 is 0 Å². The van der Waals surface area contributed by atoms with Crippen LogP contribution < -0.4 is 10.6 Å². The Morgan fingerprint density at radius 3 is 2.59 bits per heavy atom. The van der Waals surface area contributed by atoms with E-state index in [2.05, 4.69) is 52.7 Å². The van der Waals surface area contributed by atoms with E-state index < -0.39 is 0 Å². The Kier molecular flexibility index (Phi) is 6.70. The number of aliphatic imine (C=N–C) groups is 1. The maximum atomic E-state index is 4.36. The summed E-state index contributed by atoms with van der Waals surface area (Å²) in [4.78, 5) is 8.35. The lowest BCUT2D eigenvalue weighted by Crippen LogP contribution is -2.48. The molecule has 5 heteroatoms. The van der Waals surface area contributed by atoms with E-state index in [1.165, 1.54) is 36.4 Å². The van der Waals surface area contributed by atoms with Gasteiger partial charge in [-0.2, -0.15) is 0 Å². The van der Waals surface area contributed by atoms with E-state index in [1.807, 2.05) is 7.05 Å². The maximum Gasteiger partial charge on any atom is 0.191 e. The van der Waals surface area contributed by atoms with Crippen molar-refractivity contribution in [3.63, 3.8) is 0 Å². The lowest BCUT2D eigenvalue weighted by molar-refractivity contribution is 0.192. The Balaban J connectivity index is 1.82. The minimum absolute atomic E-state index is 0.588. The van der Waals surface area contributed by atoms with Gasteiger partial charge in [-0.25, -0.2) is 0 Å². The maximum absolute atomic E-state index is 4.36. The highest BCUT2D eigenvalue weighted by molar-refractivity contribution is 7.10. The molecule has 0 radical (unpaired) electrons. The number of aryl methyl sites for hydroxylation is 1. The minimum Gasteiger partial charge on any atom is -0.355 e. The zero-order chi connectivity index (χ0) is 15.9. The molecule has 2 heterocycles. The number of hydrogen-bond donors (Lipinski definition) is 2. The molecule has 2 rings (SSSR count). The van der Waals surface area contributed by atoms with Crippen molar-refractivity contribution in [2.75, 3.05) is 26.7 Å². The Bertz CT molecular complexity index is 475. The fourth-order valence-corrected chi connectivity index (χ4v) is 3.88. The molecule has 1 unspecified atom stereocenters. The second-order valence-corrected chi connectivity index (χ2v) is 7.39. The predicted molar refractivity (Wildman–Crippen MR) is 96.7 cm³/mol. The molecule has 0 spiro atoms. The number of guanidine groups is 1. The van der Waals surface area contributed by atoms with Gasteiger partial charge in [0.2, 0.25) is 0 Å². The van der Waals surface area contributed by atoms with Crippen LogP contribution in [0.5, 0.6) is 0 Å². The normalized spacial score (nSPS) is 18.0. The molecule has 1 fully saturated rings. The van der Waals surface area contributed by atoms with Gasteiger partial charge >= 0.3 is 0 Å². The molecule has 1 aromatic heterocycles. The number of nitrogens with one attached hydrogen (secondary N) is 2. The zero-order valence-electron chi connectivity index (χ0n) is 14.4. The summed E-state index contributed by atoms with van der Waals surface area (Å²) in [6.45, 7) is 11.1. The van der Waals surface area contributed by atoms with Crippen molar-refractivity contribution in [1.82, 2.24) is 15.5 Å². The number of nitrogens with zero attached hydrogens (tertiary/aromatic N) is 2. The van der Waals surface area contributed by atoms with Crippen LogP contribution in [0.2, 0.25) is 0 Å². The topological polar surface area (TPSA) is 39.7 Å². The van der Waals surface area contributed by atoms with Crippen LogP contribution in [0, 0.1) is 12.8 Å². The number of thiophene rings is 1. The van der Waals surface area contributed by atoms with Crippen molar-refractivity contribution < 1.29 is 0 Å². The second kappa shape index (κ2) is 8.53. The lowest BCUT2D eigenvalue weighted by Gasteiger charge is -2.31. The third kappa shape index (κ3) is 4.71. The highest BCUT2D eigenvalue weighted by Crippen LogP contribution is 2.17. The quantitative estimate of drug-likeness (QED) is 0.625. The van der Waals surface area contributed by atoms with Crippen LogP contribution in [0.25, 0.3) is 0 Å². The summed E-state index contributed by atoms with van der Waals surface area (Å²) in [5.74, 6) is 1.56. The third-order valence-electron chi connectivity index (χ3n) is 4.47. The molecular weight excluding hydrogens is 292 g/mol. The lowest BCUT2D eigenvalue weighted by atomic mass is 10.0. The van der Waals surface area contributed by atoms with Crippen LogP contribution in [0.1, 0.15) is 37.1 Å². The molecule has 1 aliphatic rings. The molecule has 0 aliphatic carbocycles. The van der Waals surface area contributed by atoms with Crippen molar-refractivity contribution in [2.45, 2.75) is 46.2 Å². The van der Waals surface area contributed by atoms with Crippen LogP contribution in [-0.2, 0) is 6.54 Å². The van der Waals surface area contributed by atoms with E-state index in [9.17, 15) is 0 Å². The number of hydrogen-bond acceptors (Lipinski definition) is 3. The third-order valence-corrected chi connectivity index (χ3v) is 5.49. The molecule has 1 aromatic rings. The monoisotopic (exact) mass is 322 g/mol. The molecule has 0 saturated carbocycles. The molecular formula is C17H30N4S. The smallest absolute Gasteiger partial charge is 0.191 e. The van der Waals surface area contributed by atoms with Crippen LogP contribution >= 0.6 is 11.3 Å². The molecule has 0 aromatic carbocycles. The van der Waals surface area contributed by atoms with Gasteiger partial charge in [0.15, 0.2) is 5.96 Å². The van der Waals surface area contributed by atoms with Gasteiger partial charge in [-0.15, -0.1) is 11.3 Å². The van der Waals surface area contributed by atoms with Crippen molar-refractivity contribution >= 4 is 17.3 Å². The average molecular weight is 323 g/mol. The van der Waals surface area contributed by atoms with Crippen LogP contribution in [0.4, 0.5) is 0 Å². The van der Waals surface area contributed by atoms with Gasteiger partial charge in [0.25, 0.3) is 0 Å². The van der Waals surface area contributed by atoms with Crippen molar-refractivity contribution in [2.24, 2.45) is 10.9 Å². The van der Waals surface area contributed by atoms with E-state index in [0.29, 0.717) is 12.0 Å². The van der Waals surface area contributed by atoms with Gasteiger partial charge < -0.3 is 10.6 Å². The summed E-state index contributed by atoms with van der Waals surface area (Å²) in [6.07, 6.45) is 2.68. The van der Waals surface area contributed by atoms with Crippen molar-refractivity contribution in [3.05, 3.63) is 21.9 Å². The first-order valence-corrected chi connectivity index (χ1v) is 9.21. The van der Waals surface area contributed by atoms with E-state index in [0.717, 1.165) is 19.0 Å². The molecule has 4 nitrogen and oxygen atoms in total. The molecule has 0 bridgehead atoms. The Hall–Kier alpha value is -1.07. The first kappa shape index (κ1) is 17.3. The van der Waals surface area contributed by atoms with Crippen LogP contribution in [0.15, 0.2) is 16.4 Å². The standard InChI is InChI=1S/C17H30N4S/c1-13(2)15(21-8-5-6-9-21)11-19-17(18-4)20-12-16-14(3)7-10-22-16/h7,10,13,15H,5-6,8-9,11-12H2,1-4H3,(H2,18,19,20). The second-order valence-electron chi connectivity index (χ2n) is 6.39. The molecule has 1 aliphatic heterocycles. The van der Waals surface area contributed by atoms with Gasteiger partial charge in [-0.1, -0.05) is 13.8 Å². The van der Waals surface area contributed by atoms with Crippen molar-refractivity contribution in [1.29, 1.82) is 0 Å². The highest BCUT2D eigenvalue weighted by atomic mass is 32.1. The van der Waals surface area contributed by atoms with Gasteiger partial charge in [0, 0.05) is 24.5 Å². The van der Waals surface area contributed by atoms with Gasteiger partial charge in [0.1, 0.15) is 0 Å². The molecule has 1 saturated heterocycles. The molecule has 2 N–H and O–H groups in total. The van der Waals surface area contributed by atoms with Gasteiger partial charge in [-0.3, -0.25) is 9.89 Å². The van der Waals surface area contributed by atoms with Crippen LogP contribution in [0.3, 0.4) is 0 Å². The summed E-state index contributed by atoms with van der Waals surface area (Å²) in [6, 6.07) is 2.75. The summed E-state index contributed by atoms with van der Waals surface area (Å²) in [5, 5.41) is 9.08. The van der Waals surface area contributed by atoms with E-state index in [1.54, 1.807) is 11.3 Å². The highest BCUT2D eigenvalue weighted by Gasteiger charge is 2.24. The largest absolute Gasteiger partial charge is 0.355 e. The van der Waals surface area contributed by atoms with E-state index in [4.69, 9.17) is 0 Å². The number of likely N-dealkylation sites (tertiary alicyclic amines) is 1.